The minimum atomic E-state index is -1.04. The van der Waals surface area contributed by atoms with Crippen molar-refractivity contribution in [3.8, 4) is 16.9 Å². The molecule has 1 aromatic heterocycles. The van der Waals surface area contributed by atoms with E-state index in [2.05, 4.69) is 0 Å². The lowest BCUT2D eigenvalue weighted by molar-refractivity contribution is -0.131. The quantitative estimate of drug-likeness (QED) is 0.297. The van der Waals surface area contributed by atoms with Crippen LogP contribution in [0.3, 0.4) is 0 Å². The van der Waals surface area contributed by atoms with Crippen molar-refractivity contribution in [3.63, 3.8) is 0 Å². The average molecular weight is 432 g/mol. The number of phenols is 1. The molecule has 0 amide bonds. The third-order valence-corrected chi connectivity index (χ3v) is 5.95. The van der Waals surface area contributed by atoms with Gasteiger partial charge in [-0.05, 0) is 66.1 Å². The van der Waals surface area contributed by atoms with Gasteiger partial charge in [0.25, 0.3) is 0 Å². The predicted molar refractivity (Wildman–Crippen MR) is 120 cm³/mol. The molecule has 0 aliphatic rings. The Balaban J connectivity index is 1.87. The molecule has 0 saturated heterocycles. The second-order valence-electron chi connectivity index (χ2n) is 7.13. The molecule has 0 bridgehead atoms. The van der Waals surface area contributed by atoms with E-state index in [4.69, 9.17) is 5.11 Å². The van der Waals surface area contributed by atoms with E-state index < -0.39 is 11.8 Å². The number of ketones is 1. The summed E-state index contributed by atoms with van der Waals surface area (Å²) in [6.07, 6.45) is 2.54. The van der Waals surface area contributed by atoms with Gasteiger partial charge >= 0.3 is 5.97 Å². The van der Waals surface area contributed by atoms with Gasteiger partial charge in [-0.15, -0.1) is 11.3 Å². The Kier molecular flexibility index (Phi) is 5.40. The number of aromatic hydroxyl groups is 1. The van der Waals surface area contributed by atoms with Crippen molar-refractivity contribution in [2.45, 2.75) is 6.92 Å². The fourth-order valence-corrected chi connectivity index (χ4v) is 4.68. The van der Waals surface area contributed by atoms with Crippen LogP contribution in [-0.2, 0) is 4.79 Å². The van der Waals surface area contributed by atoms with Crippen molar-refractivity contribution in [1.82, 2.24) is 0 Å². The van der Waals surface area contributed by atoms with Crippen LogP contribution in [0.2, 0.25) is 0 Å². The van der Waals surface area contributed by atoms with E-state index in [1.54, 1.807) is 43.3 Å². The standard InChI is InChI=1S/C25H17FO4S/c1-14-10-17(12-18(26)11-14)24(30)25-23(20-8-7-19(27)13-21(20)31-25)16-5-2-15(3-6-16)4-9-22(28)29/h2-13,27H,1H3,(H,28,29)/b9-4+. The third kappa shape index (κ3) is 4.25. The molecule has 1 heterocycles. The Labute approximate surface area is 181 Å². The van der Waals surface area contributed by atoms with Crippen molar-refractivity contribution in [2.75, 3.05) is 0 Å². The summed E-state index contributed by atoms with van der Waals surface area (Å²) >= 11 is 1.24. The number of thiophene rings is 1. The molecule has 31 heavy (non-hydrogen) atoms. The maximum absolute atomic E-state index is 13.9. The Morgan fingerprint density at radius 2 is 1.74 bits per heavy atom. The summed E-state index contributed by atoms with van der Waals surface area (Å²) in [5.41, 5.74) is 3.08. The Hall–Kier alpha value is -3.77. The zero-order valence-electron chi connectivity index (χ0n) is 16.4. The smallest absolute Gasteiger partial charge is 0.328 e. The number of benzene rings is 3. The summed E-state index contributed by atoms with van der Waals surface area (Å²) < 4.78 is 14.7. The first-order valence-corrected chi connectivity index (χ1v) is 10.2. The lowest BCUT2D eigenvalue weighted by Gasteiger charge is -2.07. The first-order valence-electron chi connectivity index (χ1n) is 9.40. The van der Waals surface area contributed by atoms with Gasteiger partial charge in [0, 0.05) is 27.3 Å². The van der Waals surface area contributed by atoms with Crippen molar-refractivity contribution < 1.29 is 24.2 Å². The van der Waals surface area contributed by atoms with Crippen LogP contribution in [0.15, 0.2) is 66.7 Å². The van der Waals surface area contributed by atoms with Gasteiger partial charge < -0.3 is 10.2 Å². The highest BCUT2D eigenvalue weighted by atomic mass is 32.1. The van der Waals surface area contributed by atoms with Crippen molar-refractivity contribution in [1.29, 1.82) is 0 Å². The molecule has 2 N–H and O–H groups in total. The highest BCUT2D eigenvalue weighted by molar-refractivity contribution is 7.21. The number of carbonyl (C=O) groups excluding carboxylic acids is 1. The molecule has 0 unspecified atom stereocenters. The minimum absolute atomic E-state index is 0.0926. The van der Waals surface area contributed by atoms with E-state index in [1.807, 2.05) is 12.1 Å². The first-order chi connectivity index (χ1) is 14.8. The lowest BCUT2D eigenvalue weighted by atomic mass is 9.96. The molecule has 0 saturated carbocycles. The summed E-state index contributed by atoms with van der Waals surface area (Å²) in [5.74, 6) is -1.72. The zero-order chi connectivity index (χ0) is 22.1. The molecule has 0 aliphatic carbocycles. The van der Waals surface area contributed by atoms with Crippen LogP contribution < -0.4 is 0 Å². The van der Waals surface area contributed by atoms with Gasteiger partial charge in [-0.25, -0.2) is 9.18 Å². The van der Waals surface area contributed by atoms with E-state index >= 15 is 0 Å². The van der Waals surface area contributed by atoms with Gasteiger partial charge in [0.05, 0.1) is 4.88 Å². The number of phenolic OH excluding ortho intramolecular Hbond substituents is 1. The highest BCUT2D eigenvalue weighted by Crippen LogP contribution is 2.41. The number of hydrogen-bond acceptors (Lipinski definition) is 4. The van der Waals surface area contributed by atoms with E-state index in [0.717, 1.165) is 21.7 Å². The maximum Gasteiger partial charge on any atom is 0.328 e. The largest absolute Gasteiger partial charge is 0.508 e. The fraction of sp³-hybridized carbons (Fsp3) is 0.0400. The summed E-state index contributed by atoms with van der Waals surface area (Å²) in [6, 6.07) is 16.3. The molecule has 154 valence electrons. The molecule has 0 aliphatic heterocycles. The number of rotatable bonds is 5. The number of halogens is 1. The van der Waals surface area contributed by atoms with E-state index in [-0.39, 0.29) is 17.1 Å². The maximum atomic E-state index is 13.9. The second-order valence-corrected chi connectivity index (χ2v) is 8.18. The lowest BCUT2D eigenvalue weighted by Crippen LogP contribution is -2.02. The number of fused-ring (bicyclic) bond motifs is 1. The van der Waals surface area contributed by atoms with Gasteiger partial charge in [-0.2, -0.15) is 0 Å². The molecule has 0 fully saturated rings. The van der Waals surface area contributed by atoms with E-state index in [9.17, 15) is 19.1 Å². The molecular formula is C25H17FO4S. The van der Waals surface area contributed by atoms with Crippen LogP contribution in [0, 0.1) is 12.7 Å². The summed E-state index contributed by atoms with van der Waals surface area (Å²) in [6.45, 7) is 1.73. The van der Waals surface area contributed by atoms with Crippen LogP contribution >= 0.6 is 11.3 Å². The van der Waals surface area contributed by atoms with Crippen LogP contribution in [0.4, 0.5) is 4.39 Å². The van der Waals surface area contributed by atoms with Crippen LogP contribution in [0.1, 0.15) is 26.4 Å². The Bertz CT molecular complexity index is 1330. The van der Waals surface area contributed by atoms with E-state index in [1.165, 1.54) is 29.5 Å². The summed E-state index contributed by atoms with van der Waals surface area (Å²) in [4.78, 5) is 24.5. The first kappa shape index (κ1) is 20.5. The van der Waals surface area contributed by atoms with E-state index in [0.29, 0.717) is 21.6 Å². The van der Waals surface area contributed by atoms with Crippen LogP contribution in [-0.4, -0.2) is 22.0 Å². The van der Waals surface area contributed by atoms with Crippen molar-refractivity contribution in [2.24, 2.45) is 0 Å². The molecule has 4 aromatic rings. The Morgan fingerprint density at radius 3 is 2.42 bits per heavy atom. The molecule has 0 radical (unpaired) electrons. The van der Waals surface area contributed by atoms with Gasteiger partial charge in [0.1, 0.15) is 11.6 Å². The predicted octanol–water partition coefficient (Wildman–Crippen LogP) is 6.05. The minimum Gasteiger partial charge on any atom is -0.508 e. The number of carboxylic acids is 1. The molecule has 4 rings (SSSR count). The molecule has 0 atom stereocenters. The summed E-state index contributed by atoms with van der Waals surface area (Å²) in [5, 5.41) is 19.5. The van der Waals surface area contributed by atoms with Gasteiger partial charge in [-0.1, -0.05) is 24.3 Å². The average Bonchev–Trinajstić information content (AvgIpc) is 3.09. The highest BCUT2D eigenvalue weighted by Gasteiger charge is 2.22. The SMILES string of the molecule is Cc1cc(F)cc(C(=O)c2sc3cc(O)ccc3c2-c2ccc(/C=C/C(=O)O)cc2)c1. The monoisotopic (exact) mass is 432 g/mol. The van der Waals surface area contributed by atoms with Crippen molar-refractivity contribution >= 4 is 39.3 Å². The topological polar surface area (TPSA) is 74.6 Å². The molecule has 0 spiro atoms. The molecular weight excluding hydrogens is 415 g/mol. The van der Waals surface area contributed by atoms with Crippen molar-refractivity contribution in [3.05, 3.63) is 94.1 Å². The third-order valence-electron chi connectivity index (χ3n) is 4.80. The number of carbonyl (C=O) groups is 2. The molecule has 4 nitrogen and oxygen atoms in total. The Morgan fingerprint density at radius 1 is 1.00 bits per heavy atom. The number of carboxylic acid groups (broad SMARTS) is 1. The van der Waals surface area contributed by atoms with Gasteiger partial charge in [-0.3, -0.25) is 4.79 Å². The van der Waals surface area contributed by atoms with Crippen LogP contribution in [0.25, 0.3) is 27.3 Å². The normalized spacial score (nSPS) is 11.3. The molecule has 3 aromatic carbocycles. The van der Waals surface area contributed by atoms with Crippen LogP contribution in [0.5, 0.6) is 5.75 Å². The number of hydrogen-bond donors (Lipinski definition) is 2. The summed E-state index contributed by atoms with van der Waals surface area (Å²) in [7, 11) is 0. The fourth-order valence-electron chi connectivity index (χ4n) is 3.46. The van der Waals surface area contributed by atoms with Gasteiger partial charge in [0.15, 0.2) is 0 Å². The zero-order valence-corrected chi connectivity index (χ0v) is 17.2. The van der Waals surface area contributed by atoms with Gasteiger partial charge in [0.2, 0.25) is 5.78 Å². The number of aliphatic carboxylic acids is 1. The second kappa shape index (κ2) is 8.16. The molecule has 6 heteroatoms. The number of aryl methyl sites for hydroxylation is 1.